The molecule has 1 aromatic heterocycles. The van der Waals surface area contributed by atoms with Gasteiger partial charge >= 0.3 is 0 Å². The van der Waals surface area contributed by atoms with Gasteiger partial charge in [-0.25, -0.2) is 0 Å². The molecule has 0 aliphatic rings. The third kappa shape index (κ3) is 4.28. The highest BCUT2D eigenvalue weighted by Gasteiger charge is 2.11. The lowest BCUT2D eigenvalue weighted by Crippen LogP contribution is -2.24. The molecule has 2 aromatic carbocycles. The van der Waals surface area contributed by atoms with Crippen LogP contribution in [0.5, 0.6) is 0 Å². The van der Waals surface area contributed by atoms with Crippen LogP contribution in [0.15, 0.2) is 73.1 Å². The van der Waals surface area contributed by atoms with Crippen LogP contribution in [0.2, 0.25) is 0 Å². The topological polar surface area (TPSA) is 45.2 Å². The summed E-state index contributed by atoms with van der Waals surface area (Å²) < 4.78 is 0. The predicted octanol–water partition coefficient (Wildman–Crippen LogP) is 4.48. The number of aryl methyl sites for hydroxylation is 1. The summed E-state index contributed by atoms with van der Waals surface area (Å²) in [4.78, 5) is 18.9. The summed E-state index contributed by atoms with van der Waals surface area (Å²) in [5.41, 5.74) is 4.81. The smallest absolute Gasteiger partial charge is 0.253 e. The van der Waals surface area contributed by atoms with Gasteiger partial charge in [0.1, 0.15) is 0 Å². The minimum absolute atomic E-state index is 0.120. The number of benzene rings is 2. The minimum atomic E-state index is -0.120. The number of hydrogen-bond donors (Lipinski definition) is 1. The van der Waals surface area contributed by atoms with Crippen LogP contribution in [-0.4, -0.2) is 17.4 Å². The first-order valence-electron chi connectivity index (χ1n) is 8.78. The maximum atomic E-state index is 12.5. The van der Waals surface area contributed by atoms with Crippen LogP contribution in [0.25, 0.3) is 0 Å². The summed E-state index contributed by atoms with van der Waals surface area (Å²) in [6.07, 6.45) is 3.39. The van der Waals surface area contributed by atoms with Crippen molar-refractivity contribution in [1.82, 2.24) is 10.3 Å². The molecule has 4 heteroatoms. The molecule has 0 aliphatic carbocycles. The molecular formula is C22H23N3O. The van der Waals surface area contributed by atoms with Gasteiger partial charge in [0, 0.05) is 25.0 Å². The van der Waals surface area contributed by atoms with Gasteiger partial charge in [0.25, 0.3) is 5.91 Å². The largest absolute Gasteiger partial charge is 0.348 e. The van der Waals surface area contributed by atoms with Gasteiger partial charge in [0.05, 0.1) is 17.4 Å². The normalized spacial score (nSPS) is 10.4. The van der Waals surface area contributed by atoms with Crippen LogP contribution in [0.4, 0.5) is 11.4 Å². The molecule has 3 aromatic rings. The molecule has 132 valence electrons. The van der Waals surface area contributed by atoms with E-state index in [1.165, 1.54) is 5.56 Å². The maximum Gasteiger partial charge on any atom is 0.253 e. The van der Waals surface area contributed by atoms with E-state index >= 15 is 0 Å². The molecule has 0 bridgehead atoms. The zero-order valence-electron chi connectivity index (χ0n) is 15.1. The Hall–Kier alpha value is -3.14. The molecule has 1 amide bonds. The number of amides is 1. The van der Waals surface area contributed by atoms with Gasteiger partial charge in [0.15, 0.2) is 0 Å². The van der Waals surface area contributed by atoms with Gasteiger partial charge in [-0.1, -0.05) is 48.0 Å². The Balaban J connectivity index is 1.74. The Labute approximate surface area is 154 Å². The van der Waals surface area contributed by atoms with E-state index in [2.05, 4.69) is 28.2 Å². The van der Waals surface area contributed by atoms with Crippen LogP contribution in [0, 0.1) is 6.92 Å². The Morgan fingerprint density at radius 3 is 2.54 bits per heavy atom. The predicted molar refractivity (Wildman–Crippen MR) is 106 cm³/mol. The van der Waals surface area contributed by atoms with E-state index in [0.717, 1.165) is 23.5 Å². The van der Waals surface area contributed by atoms with Crippen molar-refractivity contribution in [2.75, 3.05) is 11.4 Å². The molecule has 4 nitrogen and oxygen atoms in total. The fourth-order valence-corrected chi connectivity index (χ4v) is 2.93. The van der Waals surface area contributed by atoms with Crippen molar-refractivity contribution < 1.29 is 4.79 Å². The summed E-state index contributed by atoms with van der Waals surface area (Å²) in [5, 5.41) is 2.97. The molecule has 0 aliphatic heterocycles. The molecule has 0 unspecified atom stereocenters. The van der Waals surface area contributed by atoms with Gasteiger partial charge in [-0.3, -0.25) is 9.78 Å². The van der Waals surface area contributed by atoms with Crippen LogP contribution < -0.4 is 10.2 Å². The quantitative estimate of drug-likeness (QED) is 0.716. The average Bonchev–Trinajstić information content (AvgIpc) is 2.68. The molecule has 1 N–H and O–H groups in total. The minimum Gasteiger partial charge on any atom is -0.348 e. The summed E-state index contributed by atoms with van der Waals surface area (Å²) in [6, 6.07) is 20.1. The number of pyridine rings is 1. The molecule has 26 heavy (non-hydrogen) atoms. The number of aromatic nitrogens is 1. The zero-order chi connectivity index (χ0) is 18.4. The molecule has 0 atom stereocenters. The highest BCUT2D eigenvalue weighted by molar-refractivity contribution is 5.94. The number of para-hydroxylation sites is 1. The standard InChI is InChI=1S/C22H23N3O/c1-3-25(20-10-5-4-6-11-20)21-13-19(15-23-16-21)22(26)24-14-18-9-7-8-17(2)12-18/h4-13,15-16H,3,14H2,1-2H3,(H,24,26). The first kappa shape index (κ1) is 17.7. The lowest BCUT2D eigenvalue weighted by molar-refractivity contribution is 0.0950. The Kier molecular flexibility index (Phi) is 5.64. The molecular weight excluding hydrogens is 322 g/mol. The second kappa shape index (κ2) is 8.30. The van der Waals surface area contributed by atoms with Crippen molar-refractivity contribution in [2.45, 2.75) is 20.4 Å². The van der Waals surface area contributed by atoms with Crippen molar-refractivity contribution in [2.24, 2.45) is 0 Å². The van der Waals surface area contributed by atoms with Gasteiger partial charge < -0.3 is 10.2 Å². The van der Waals surface area contributed by atoms with Crippen molar-refractivity contribution in [3.05, 3.63) is 89.7 Å². The highest BCUT2D eigenvalue weighted by Crippen LogP contribution is 2.24. The Bertz CT molecular complexity index is 877. The summed E-state index contributed by atoms with van der Waals surface area (Å²) >= 11 is 0. The van der Waals surface area contributed by atoms with E-state index in [1.54, 1.807) is 12.4 Å². The molecule has 1 heterocycles. The second-order valence-corrected chi connectivity index (χ2v) is 6.18. The van der Waals surface area contributed by atoms with Gasteiger partial charge in [-0.05, 0) is 37.6 Å². The second-order valence-electron chi connectivity index (χ2n) is 6.18. The molecule has 3 rings (SSSR count). The maximum absolute atomic E-state index is 12.5. The van der Waals surface area contributed by atoms with E-state index in [1.807, 2.05) is 61.5 Å². The summed E-state index contributed by atoms with van der Waals surface area (Å²) in [7, 11) is 0. The van der Waals surface area contributed by atoms with Crippen LogP contribution in [0.1, 0.15) is 28.4 Å². The number of rotatable bonds is 6. The van der Waals surface area contributed by atoms with Crippen molar-refractivity contribution in [1.29, 1.82) is 0 Å². The number of anilines is 2. The fraction of sp³-hybridized carbons (Fsp3) is 0.182. The van der Waals surface area contributed by atoms with Crippen molar-refractivity contribution >= 4 is 17.3 Å². The number of nitrogens with zero attached hydrogens (tertiary/aromatic N) is 2. The summed E-state index contributed by atoms with van der Waals surface area (Å²) in [6.45, 7) is 5.42. The number of nitrogens with one attached hydrogen (secondary N) is 1. The van der Waals surface area contributed by atoms with E-state index in [4.69, 9.17) is 0 Å². The fourth-order valence-electron chi connectivity index (χ4n) is 2.93. The van der Waals surface area contributed by atoms with Gasteiger partial charge in [0.2, 0.25) is 0 Å². The Morgan fingerprint density at radius 2 is 1.81 bits per heavy atom. The number of carbonyl (C=O) groups is 1. The first-order chi connectivity index (χ1) is 12.7. The number of carbonyl (C=O) groups excluding carboxylic acids is 1. The third-order valence-electron chi connectivity index (χ3n) is 4.22. The van der Waals surface area contributed by atoms with E-state index in [0.29, 0.717) is 12.1 Å². The zero-order valence-corrected chi connectivity index (χ0v) is 15.1. The van der Waals surface area contributed by atoms with Gasteiger partial charge in [-0.2, -0.15) is 0 Å². The molecule has 0 saturated heterocycles. The lowest BCUT2D eigenvalue weighted by atomic mass is 10.1. The Morgan fingerprint density at radius 1 is 1.00 bits per heavy atom. The molecule has 0 spiro atoms. The van der Waals surface area contributed by atoms with Crippen molar-refractivity contribution in [3.63, 3.8) is 0 Å². The van der Waals surface area contributed by atoms with E-state index in [-0.39, 0.29) is 5.91 Å². The lowest BCUT2D eigenvalue weighted by Gasteiger charge is -2.23. The molecule has 0 saturated carbocycles. The summed E-state index contributed by atoms with van der Waals surface area (Å²) in [5.74, 6) is -0.120. The van der Waals surface area contributed by atoms with Crippen LogP contribution >= 0.6 is 0 Å². The molecule has 0 fully saturated rings. The first-order valence-corrected chi connectivity index (χ1v) is 8.78. The molecule has 0 radical (unpaired) electrons. The van der Waals surface area contributed by atoms with E-state index in [9.17, 15) is 4.79 Å². The SMILES string of the molecule is CCN(c1ccccc1)c1cncc(C(=O)NCc2cccc(C)c2)c1. The van der Waals surface area contributed by atoms with Gasteiger partial charge in [-0.15, -0.1) is 0 Å². The number of hydrogen-bond acceptors (Lipinski definition) is 3. The van der Waals surface area contributed by atoms with Crippen LogP contribution in [-0.2, 0) is 6.54 Å². The van der Waals surface area contributed by atoms with Crippen LogP contribution in [0.3, 0.4) is 0 Å². The van der Waals surface area contributed by atoms with Crippen molar-refractivity contribution in [3.8, 4) is 0 Å². The highest BCUT2D eigenvalue weighted by atomic mass is 16.1. The van der Waals surface area contributed by atoms with E-state index < -0.39 is 0 Å². The average molecular weight is 345 g/mol. The third-order valence-corrected chi connectivity index (χ3v) is 4.22. The monoisotopic (exact) mass is 345 g/mol.